The van der Waals surface area contributed by atoms with Gasteiger partial charge >= 0.3 is 5.97 Å². The van der Waals surface area contributed by atoms with Crippen molar-refractivity contribution in [3.63, 3.8) is 0 Å². The van der Waals surface area contributed by atoms with Crippen LogP contribution in [0.5, 0.6) is 0 Å². The number of allylic oxidation sites excluding steroid dienone is 3. The molecule has 0 spiro atoms. The van der Waals surface area contributed by atoms with Crippen LogP contribution in [0.3, 0.4) is 0 Å². The lowest BCUT2D eigenvalue weighted by molar-refractivity contribution is -0.132. The summed E-state index contributed by atoms with van der Waals surface area (Å²) in [6.07, 6.45) is 3.36. The summed E-state index contributed by atoms with van der Waals surface area (Å²) in [7, 11) is 1.53. The minimum Gasteiger partial charge on any atom is -0.500 e. The first-order valence-electron chi connectivity index (χ1n) is 8.29. The van der Waals surface area contributed by atoms with Crippen LogP contribution in [0.4, 0.5) is 0 Å². The number of carboxylic acids is 1. The third-order valence-corrected chi connectivity index (χ3v) is 5.68. The van der Waals surface area contributed by atoms with Crippen LogP contribution in [-0.4, -0.2) is 24.0 Å². The largest absolute Gasteiger partial charge is 0.500 e. The summed E-state index contributed by atoms with van der Waals surface area (Å²) in [5, 5.41) is 9.58. The average molecular weight is 419 g/mol. The molecule has 0 bridgehead atoms. The molecule has 0 fully saturated rings. The molecule has 1 aliphatic carbocycles. The van der Waals surface area contributed by atoms with Crippen molar-refractivity contribution in [3.8, 4) is 0 Å². The van der Waals surface area contributed by atoms with E-state index in [2.05, 4.69) is 15.9 Å². The fraction of sp³-hybridized carbons (Fsp3) is 0.333. The Kier molecular flexibility index (Phi) is 5.91. The molecule has 0 aromatic heterocycles. The summed E-state index contributed by atoms with van der Waals surface area (Å²) in [5.74, 6) is -0.712. The number of halogens is 1. The highest BCUT2D eigenvalue weighted by molar-refractivity contribution is 9.10. The van der Waals surface area contributed by atoms with Crippen molar-refractivity contribution in [1.29, 1.82) is 0 Å². The molecule has 0 aliphatic heterocycles. The van der Waals surface area contributed by atoms with Gasteiger partial charge in [-0.2, -0.15) is 0 Å². The second-order valence-electron chi connectivity index (χ2n) is 6.93. The van der Waals surface area contributed by atoms with E-state index in [1.165, 1.54) is 7.11 Å². The number of methoxy groups -OCH3 is 1. The quantitative estimate of drug-likeness (QED) is 0.529. The topological polar surface area (TPSA) is 63.6 Å². The molecule has 1 unspecified atom stereocenters. The number of carbonyl (C=O) groups excluding carboxylic acids is 1. The van der Waals surface area contributed by atoms with Gasteiger partial charge in [-0.3, -0.25) is 4.79 Å². The van der Waals surface area contributed by atoms with Crippen LogP contribution < -0.4 is 0 Å². The van der Waals surface area contributed by atoms with E-state index in [0.29, 0.717) is 16.9 Å². The molecule has 1 aliphatic rings. The lowest BCUT2D eigenvalue weighted by Crippen LogP contribution is -2.33. The van der Waals surface area contributed by atoms with E-state index in [0.717, 1.165) is 10.0 Å². The molecule has 0 saturated carbocycles. The number of ether oxygens (including phenoxy) is 1. The van der Waals surface area contributed by atoms with E-state index in [1.54, 1.807) is 25.1 Å². The lowest BCUT2D eigenvalue weighted by Gasteiger charge is -2.40. The molecule has 26 heavy (non-hydrogen) atoms. The molecular formula is C21H23BrO4. The molecule has 0 amide bonds. The monoisotopic (exact) mass is 418 g/mol. The Hall–Kier alpha value is -2.14. The van der Waals surface area contributed by atoms with Crippen molar-refractivity contribution in [2.24, 2.45) is 11.3 Å². The molecule has 138 valence electrons. The Morgan fingerprint density at radius 2 is 1.77 bits per heavy atom. The highest BCUT2D eigenvalue weighted by atomic mass is 79.9. The summed E-state index contributed by atoms with van der Waals surface area (Å²) in [5.41, 5.74) is 1.76. The molecule has 1 aromatic carbocycles. The number of ketones is 1. The van der Waals surface area contributed by atoms with Crippen molar-refractivity contribution in [1.82, 2.24) is 0 Å². The van der Waals surface area contributed by atoms with Crippen LogP contribution in [0, 0.1) is 11.3 Å². The zero-order chi connectivity index (χ0) is 19.6. The van der Waals surface area contributed by atoms with Gasteiger partial charge in [0.15, 0.2) is 5.78 Å². The first kappa shape index (κ1) is 20.2. The molecule has 1 atom stereocenters. The van der Waals surface area contributed by atoms with Gasteiger partial charge in [0.05, 0.1) is 12.7 Å². The third kappa shape index (κ3) is 3.68. The average Bonchev–Trinajstić information content (AvgIpc) is 2.57. The molecule has 4 nitrogen and oxygen atoms in total. The molecule has 1 aromatic rings. The van der Waals surface area contributed by atoms with Crippen LogP contribution in [-0.2, 0) is 9.53 Å². The van der Waals surface area contributed by atoms with E-state index in [9.17, 15) is 14.7 Å². The van der Waals surface area contributed by atoms with Gasteiger partial charge in [0, 0.05) is 21.5 Å². The van der Waals surface area contributed by atoms with Crippen molar-refractivity contribution >= 4 is 27.7 Å². The van der Waals surface area contributed by atoms with Crippen LogP contribution >= 0.6 is 15.9 Å². The maximum atomic E-state index is 12.5. The smallest absolute Gasteiger partial charge is 0.336 e. The van der Waals surface area contributed by atoms with Crippen LogP contribution in [0.15, 0.2) is 63.4 Å². The van der Waals surface area contributed by atoms with Crippen molar-refractivity contribution in [2.45, 2.75) is 27.7 Å². The number of hydrogen-bond donors (Lipinski definition) is 1. The Morgan fingerprint density at radius 1 is 1.19 bits per heavy atom. The van der Waals surface area contributed by atoms with E-state index >= 15 is 0 Å². The highest BCUT2D eigenvalue weighted by Gasteiger charge is 2.41. The molecule has 0 radical (unpaired) electrons. The molecule has 2 rings (SSSR count). The van der Waals surface area contributed by atoms with Crippen LogP contribution in [0.1, 0.15) is 38.1 Å². The van der Waals surface area contributed by atoms with Crippen molar-refractivity contribution in [3.05, 3.63) is 68.9 Å². The summed E-state index contributed by atoms with van der Waals surface area (Å²) >= 11 is 3.35. The SMILES string of the molecule is COC1=C(C)C(C(=O)O)=C(C)C(C)(C)C1C=CC(=O)c1ccc(Br)cc1. The Bertz CT molecular complexity index is 826. The number of rotatable bonds is 5. The predicted molar refractivity (Wildman–Crippen MR) is 105 cm³/mol. The van der Waals surface area contributed by atoms with Gasteiger partial charge in [-0.15, -0.1) is 0 Å². The molecular weight excluding hydrogens is 396 g/mol. The normalized spacial score (nSPS) is 19.8. The third-order valence-electron chi connectivity index (χ3n) is 5.15. The number of benzene rings is 1. The van der Waals surface area contributed by atoms with E-state index in [1.807, 2.05) is 39.0 Å². The maximum absolute atomic E-state index is 12.5. The standard InChI is InChI=1S/C21H23BrO4/c1-12-18(20(24)25)13(2)21(3,4)16(19(12)26-5)10-11-17(23)14-6-8-15(22)9-7-14/h6-11,16H,1-5H3,(H,24,25). The minimum absolute atomic E-state index is 0.105. The minimum atomic E-state index is -0.962. The fourth-order valence-corrected chi connectivity index (χ4v) is 3.61. The zero-order valence-corrected chi connectivity index (χ0v) is 17.2. The van der Waals surface area contributed by atoms with Crippen molar-refractivity contribution in [2.75, 3.05) is 7.11 Å². The summed E-state index contributed by atoms with van der Waals surface area (Å²) in [6.45, 7) is 7.51. The van der Waals surface area contributed by atoms with Gasteiger partial charge in [0.1, 0.15) is 5.76 Å². The maximum Gasteiger partial charge on any atom is 0.336 e. The molecule has 0 heterocycles. The highest BCUT2D eigenvalue weighted by Crippen LogP contribution is 2.48. The lowest BCUT2D eigenvalue weighted by atomic mass is 9.66. The fourth-order valence-electron chi connectivity index (χ4n) is 3.34. The van der Waals surface area contributed by atoms with Gasteiger partial charge in [-0.05, 0) is 49.6 Å². The van der Waals surface area contributed by atoms with Gasteiger partial charge in [0.25, 0.3) is 0 Å². The second-order valence-corrected chi connectivity index (χ2v) is 7.84. The number of carbonyl (C=O) groups is 2. The van der Waals surface area contributed by atoms with Crippen LogP contribution in [0.25, 0.3) is 0 Å². The number of carboxylic acid groups (broad SMARTS) is 1. The zero-order valence-electron chi connectivity index (χ0n) is 15.6. The summed E-state index contributed by atoms with van der Waals surface area (Å²) < 4.78 is 6.46. The molecule has 5 heteroatoms. The molecule has 0 saturated heterocycles. The van der Waals surface area contributed by atoms with Gasteiger partial charge in [0.2, 0.25) is 0 Å². The van der Waals surface area contributed by atoms with Gasteiger partial charge < -0.3 is 9.84 Å². The number of aliphatic carboxylic acids is 1. The Morgan fingerprint density at radius 3 is 2.27 bits per heavy atom. The van der Waals surface area contributed by atoms with E-state index in [-0.39, 0.29) is 17.3 Å². The Labute approximate surface area is 162 Å². The number of hydrogen-bond acceptors (Lipinski definition) is 3. The second kappa shape index (κ2) is 7.62. The predicted octanol–water partition coefficient (Wildman–Crippen LogP) is 5.17. The first-order valence-corrected chi connectivity index (χ1v) is 9.08. The Balaban J connectivity index is 2.43. The van der Waals surface area contributed by atoms with Gasteiger partial charge in [-0.1, -0.05) is 41.4 Å². The van der Waals surface area contributed by atoms with E-state index < -0.39 is 11.4 Å². The van der Waals surface area contributed by atoms with Crippen molar-refractivity contribution < 1.29 is 19.4 Å². The molecule has 1 N–H and O–H groups in total. The van der Waals surface area contributed by atoms with Crippen LogP contribution in [0.2, 0.25) is 0 Å². The van der Waals surface area contributed by atoms with Gasteiger partial charge in [-0.25, -0.2) is 4.79 Å². The summed E-state index contributed by atoms with van der Waals surface area (Å²) in [4.78, 5) is 24.2. The summed E-state index contributed by atoms with van der Waals surface area (Å²) in [6, 6.07) is 7.16. The van der Waals surface area contributed by atoms with E-state index in [4.69, 9.17) is 4.74 Å². The first-order chi connectivity index (χ1) is 12.1.